The van der Waals surface area contributed by atoms with Crippen LogP contribution >= 0.6 is 0 Å². The van der Waals surface area contributed by atoms with E-state index in [1.165, 1.54) is 0 Å². The maximum Gasteiger partial charge on any atom is 0.408 e. The molecule has 2 N–H and O–H groups in total. The van der Waals surface area contributed by atoms with Gasteiger partial charge in [-0.2, -0.15) is 5.16 Å². The number of rotatable bonds is 1. The van der Waals surface area contributed by atoms with E-state index in [1.54, 1.807) is 20.8 Å². The van der Waals surface area contributed by atoms with Crippen LogP contribution in [0.4, 0.5) is 4.79 Å². The van der Waals surface area contributed by atoms with Crippen molar-refractivity contribution in [2.24, 2.45) is 0 Å². The Labute approximate surface area is 111 Å². The Kier molecular flexibility index (Phi) is 3.68. The van der Waals surface area contributed by atoms with Crippen LogP contribution in [-0.4, -0.2) is 16.9 Å². The summed E-state index contributed by atoms with van der Waals surface area (Å²) < 4.78 is 10.4. The van der Waals surface area contributed by atoms with Crippen molar-refractivity contribution in [1.82, 2.24) is 10.5 Å². The predicted molar refractivity (Wildman–Crippen MR) is 69.0 cm³/mol. The van der Waals surface area contributed by atoms with Crippen LogP contribution in [0.15, 0.2) is 9.32 Å². The summed E-state index contributed by atoms with van der Waals surface area (Å²) in [5.41, 5.74) is -0.290. The number of ether oxygens (including phenoxy) is 1. The van der Waals surface area contributed by atoms with Gasteiger partial charge in [-0.1, -0.05) is 6.42 Å². The third-order valence-electron chi connectivity index (χ3n) is 3.00. The lowest BCUT2D eigenvalue weighted by atomic mass is 10.1. The first kappa shape index (κ1) is 13.7. The molecule has 0 aromatic carbocycles. The van der Waals surface area contributed by atoms with Crippen molar-refractivity contribution in [2.75, 3.05) is 0 Å². The zero-order chi connectivity index (χ0) is 14.0. The first-order valence-electron chi connectivity index (χ1n) is 6.56. The summed E-state index contributed by atoms with van der Waals surface area (Å²) in [5.74, 6) is 0.642. The van der Waals surface area contributed by atoms with Crippen molar-refractivity contribution in [1.29, 1.82) is 0 Å². The van der Waals surface area contributed by atoms with Gasteiger partial charge in [0, 0.05) is 6.42 Å². The van der Waals surface area contributed by atoms with E-state index in [0.29, 0.717) is 11.3 Å². The molecule has 0 aliphatic heterocycles. The van der Waals surface area contributed by atoms with Crippen LogP contribution in [-0.2, 0) is 11.2 Å². The fourth-order valence-corrected chi connectivity index (χ4v) is 2.26. The van der Waals surface area contributed by atoms with Gasteiger partial charge in [0.1, 0.15) is 11.4 Å². The number of hydrogen-bond acceptors (Lipinski definition) is 4. The lowest BCUT2D eigenvalue weighted by Gasteiger charge is -2.22. The number of H-pyrrole nitrogens is 1. The van der Waals surface area contributed by atoms with Crippen LogP contribution in [0.3, 0.4) is 0 Å². The molecule has 19 heavy (non-hydrogen) atoms. The summed E-state index contributed by atoms with van der Waals surface area (Å²) in [7, 11) is 0. The molecule has 106 valence electrons. The second kappa shape index (κ2) is 5.11. The zero-order valence-corrected chi connectivity index (χ0v) is 11.5. The van der Waals surface area contributed by atoms with Gasteiger partial charge in [-0.25, -0.2) is 4.79 Å². The fraction of sp³-hybridized carbons (Fsp3) is 0.692. The molecule has 0 bridgehead atoms. The molecule has 1 aromatic rings. The number of carbonyl (C=O) groups excluding carboxylic acids is 1. The maximum absolute atomic E-state index is 11.8. The van der Waals surface area contributed by atoms with Crippen molar-refractivity contribution < 1.29 is 14.1 Å². The van der Waals surface area contributed by atoms with Crippen molar-refractivity contribution in [2.45, 2.75) is 58.1 Å². The summed E-state index contributed by atoms with van der Waals surface area (Å²) in [4.78, 5) is 23.6. The molecule has 6 heteroatoms. The standard InChI is InChI=1S/C13H20N2O4/c1-13(2,3)18-12(17)14-8-6-4-5-7-9-10(8)11(16)15-19-9/h8H,4-7H2,1-3H3,(H,14,17)(H,15,16). The molecular formula is C13H20N2O4. The van der Waals surface area contributed by atoms with E-state index in [-0.39, 0.29) is 11.6 Å². The number of aromatic nitrogens is 1. The van der Waals surface area contributed by atoms with Gasteiger partial charge in [-0.3, -0.25) is 4.79 Å². The Morgan fingerprint density at radius 3 is 2.84 bits per heavy atom. The molecule has 1 amide bonds. The summed E-state index contributed by atoms with van der Waals surface area (Å²) in [6, 6.07) is -0.338. The average molecular weight is 268 g/mol. The molecule has 1 heterocycles. The molecule has 0 saturated heterocycles. The van der Waals surface area contributed by atoms with Gasteiger partial charge in [0.2, 0.25) is 0 Å². The SMILES string of the molecule is CC(C)(C)OC(=O)NC1CCCCc2o[nH]c(=O)c21. The Morgan fingerprint density at radius 2 is 2.16 bits per heavy atom. The first-order chi connectivity index (χ1) is 8.87. The molecule has 0 radical (unpaired) electrons. The Hall–Kier alpha value is -1.72. The van der Waals surface area contributed by atoms with E-state index < -0.39 is 11.7 Å². The number of aromatic amines is 1. The lowest BCUT2D eigenvalue weighted by molar-refractivity contribution is 0.0500. The Morgan fingerprint density at radius 1 is 1.42 bits per heavy atom. The van der Waals surface area contributed by atoms with Crippen LogP contribution in [0.25, 0.3) is 0 Å². The monoisotopic (exact) mass is 268 g/mol. The van der Waals surface area contributed by atoms with E-state index in [2.05, 4.69) is 10.5 Å². The normalized spacial score (nSPS) is 19.4. The molecule has 1 aliphatic carbocycles. The molecule has 0 spiro atoms. The largest absolute Gasteiger partial charge is 0.444 e. The van der Waals surface area contributed by atoms with Gasteiger partial charge in [0.05, 0.1) is 11.6 Å². The zero-order valence-electron chi connectivity index (χ0n) is 11.5. The predicted octanol–water partition coefficient (Wildman–Crippen LogP) is 2.26. The fourth-order valence-electron chi connectivity index (χ4n) is 2.26. The summed E-state index contributed by atoms with van der Waals surface area (Å²) in [6.45, 7) is 5.40. The molecule has 0 fully saturated rings. The number of fused-ring (bicyclic) bond motifs is 1. The van der Waals surface area contributed by atoms with Crippen LogP contribution in [0.5, 0.6) is 0 Å². The first-order valence-corrected chi connectivity index (χ1v) is 6.56. The highest BCUT2D eigenvalue weighted by Gasteiger charge is 2.28. The van der Waals surface area contributed by atoms with Gasteiger partial charge < -0.3 is 14.6 Å². The highest BCUT2D eigenvalue weighted by molar-refractivity contribution is 5.68. The topological polar surface area (TPSA) is 84.3 Å². The van der Waals surface area contributed by atoms with Crippen molar-refractivity contribution in [3.05, 3.63) is 21.7 Å². The second-order valence-electron chi connectivity index (χ2n) is 5.81. The molecule has 1 aromatic heterocycles. The van der Waals surface area contributed by atoms with E-state index >= 15 is 0 Å². The van der Waals surface area contributed by atoms with Gasteiger partial charge >= 0.3 is 6.09 Å². The van der Waals surface area contributed by atoms with E-state index in [0.717, 1.165) is 25.7 Å². The smallest absolute Gasteiger partial charge is 0.408 e. The van der Waals surface area contributed by atoms with Crippen molar-refractivity contribution >= 4 is 6.09 Å². The van der Waals surface area contributed by atoms with Crippen LogP contribution in [0.2, 0.25) is 0 Å². The third-order valence-corrected chi connectivity index (χ3v) is 3.00. The molecule has 0 saturated carbocycles. The van der Waals surface area contributed by atoms with E-state index in [9.17, 15) is 9.59 Å². The van der Waals surface area contributed by atoms with Gasteiger partial charge in [0.25, 0.3) is 5.56 Å². The minimum absolute atomic E-state index is 0.266. The molecule has 6 nitrogen and oxygen atoms in total. The summed E-state index contributed by atoms with van der Waals surface area (Å²) in [6.07, 6.45) is 2.81. The van der Waals surface area contributed by atoms with Crippen LogP contribution < -0.4 is 10.9 Å². The summed E-state index contributed by atoms with van der Waals surface area (Å²) >= 11 is 0. The Balaban J connectivity index is 2.14. The quantitative estimate of drug-likeness (QED) is 0.765. The van der Waals surface area contributed by atoms with Gasteiger partial charge in [-0.15, -0.1) is 0 Å². The molecule has 1 atom stereocenters. The highest BCUT2D eigenvalue weighted by Crippen LogP contribution is 2.26. The third kappa shape index (κ3) is 3.39. The minimum Gasteiger partial charge on any atom is -0.444 e. The van der Waals surface area contributed by atoms with Crippen molar-refractivity contribution in [3.8, 4) is 0 Å². The minimum atomic E-state index is -0.555. The second-order valence-corrected chi connectivity index (χ2v) is 5.81. The average Bonchev–Trinajstić information content (AvgIpc) is 2.51. The number of amides is 1. The van der Waals surface area contributed by atoms with E-state index in [1.807, 2.05) is 0 Å². The molecule has 1 aliphatic rings. The van der Waals surface area contributed by atoms with Crippen molar-refractivity contribution in [3.63, 3.8) is 0 Å². The lowest BCUT2D eigenvalue weighted by Crippen LogP contribution is -2.36. The van der Waals surface area contributed by atoms with E-state index in [4.69, 9.17) is 9.26 Å². The van der Waals surface area contributed by atoms with Crippen LogP contribution in [0.1, 0.15) is 57.4 Å². The number of carbonyl (C=O) groups is 1. The number of aryl methyl sites for hydroxylation is 1. The Bertz CT molecular complexity index is 509. The molecule has 2 rings (SSSR count). The number of alkyl carbamates (subject to hydrolysis) is 1. The van der Waals surface area contributed by atoms with Crippen LogP contribution in [0, 0.1) is 0 Å². The highest BCUT2D eigenvalue weighted by atomic mass is 16.6. The van der Waals surface area contributed by atoms with Gasteiger partial charge in [0.15, 0.2) is 0 Å². The van der Waals surface area contributed by atoms with Gasteiger partial charge in [-0.05, 0) is 33.6 Å². The number of hydrogen-bond donors (Lipinski definition) is 2. The maximum atomic E-state index is 11.8. The number of nitrogens with one attached hydrogen (secondary N) is 2. The summed E-state index contributed by atoms with van der Waals surface area (Å²) in [5, 5.41) is 5.09. The molecular weight excluding hydrogens is 248 g/mol. The molecule has 1 unspecified atom stereocenters.